The summed E-state index contributed by atoms with van der Waals surface area (Å²) in [6.07, 6.45) is 1.15. The Labute approximate surface area is 112 Å². The molecule has 1 aromatic carbocycles. The number of amides is 2. The zero-order valence-corrected chi connectivity index (χ0v) is 10.3. The van der Waals surface area contributed by atoms with Crippen molar-refractivity contribution in [2.24, 2.45) is 0 Å². The van der Waals surface area contributed by atoms with E-state index in [-0.39, 0.29) is 5.15 Å². The molecule has 96 valence electrons. The molecule has 0 radical (unpaired) electrons. The molecule has 6 nitrogen and oxygen atoms in total. The quantitative estimate of drug-likeness (QED) is 0.801. The van der Waals surface area contributed by atoms with Crippen molar-refractivity contribution in [2.75, 3.05) is 0 Å². The number of carbonyl (C=O) groups is 2. The van der Waals surface area contributed by atoms with Gasteiger partial charge in [-0.3, -0.25) is 19.7 Å². The van der Waals surface area contributed by atoms with Crippen LogP contribution in [0.25, 0.3) is 0 Å². The number of benzene rings is 1. The predicted octanol–water partition coefficient (Wildman–Crippen LogP) is 0.994. The Balaban J connectivity index is 2.20. The summed E-state index contributed by atoms with van der Waals surface area (Å²) >= 11 is 5.57. The molecule has 0 aliphatic carbocycles. The average molecular weight is 278 g/mol. The maximum atomic E-state index is 11.7. The highest BCUT2D eigenvalue weighted by Gasteiger charge is 2.16. The molecule has 19 heavy (non-hydrogen) atoms. The second kappa shape index (κ2) is 5.45. The number of imide groups is 1. The lowest BCUT2D eigenvalue weighted by Gasteiger charge is -2.03. The summed E-state index contributed by atoms with van der Waals surface area (Å²) in [5, 5.41) is 2.02. The number of carbonyl (C=O) groups excluding carboxylic acids is 2. The Morgan fingerprint density at radius 3 is 2.53 bits per heavy atom. The minimum Gasteiger partial charge on any atom is -0.324 e. The maximum absolute atomic E-state index is 11.7. The fourth-order valence-electron chi connectivity index (χ4n) is 1.36. The average Bonchev–Trinajstić information content (AvgIpc) is 2.42. The van der Waals surface area contributed by atoms with E-state index >= 15 is 0 Å². The van der Waals surface area contributed by atoms with Gasteiger partial charge in [0.2, 0.25) is 0 Å². The van der Waals surface area contributed by atoms with E-state index in [0.717, 1.165) is 6.20 Å². The lowest BCUT2D eigenvalue weighted by atomic mass is 10.2. The molecule has 0 unspecified atom stereocenters. The molecule has 2 rings (SSSR count). The minimum absolute atomic E-state index is 0.0445. The van der Waals surface area contributed by atoms with Gasteiger partial charge in [0.15, 0.2) is 5.69 Å². The standard InChI is InChI=1S/C12H8ClN3O3/c13-8-6-14-11(18)9(15-8)12(19)16-10(17)7-4-2-1-3-5-7/h1-6H,(H,14,18)(H,16,17,19). The molecule has 1 aromatic heterocycles. The van der Waals surface area contributed by atoms with Gasteiger partial charge in [-0.25, -0.2) is 4.98 Å². The molecule has 0 spiro atoms. The Bertz CT molecular complexity index is 682. The van der Waals surface area contributed by atoms with Crippen molar-refractivity contribution < 1.29 is 9.59 Å². The molecule has 0 bridgehead atoms. The van der Waals surface area contributed by atoms with Gasteiger partial charge in [-0.2, -0.15) is 0 Å². The van der Waals surface area contributed by atoms with Gasteiger partial charge in [-0.05, 0) is 12.1 Å². The van der Waals surface area contributed by atoms with E-state index in [2.05, 4.69) is 15.3 Å². The van der Waals surface area contributed by atoms with Crippen LogP contribution in [0.15, 0.2) is 41.3 Å². The first kappa shape index (κ1) is 13.0. The van der Waals surface area contributed by atoms with Crippen LogP contribution in [0.1, 0.15) is 20.8 Å². The van der Waals surface area contributed by atoms with Crippen LogP contribution in [-0.4, -0.2) is 21.8 Å². The first-order valence-corrected chi connectivity index (χ1v) is 5.61. The van der Waals surface area contributed by atoms with Crippen LogP contribution < -0.4 is 10.9 Å². The third-order valence-corrected chi connectivity index (χ3v) is 2.43. The van der Waals surface area contributed by atoms with Crippen LogP contribution in [0.2, 0.25) is 5.15 Å². The van der Waals surface area contributed by atoms with E-state index in [0.29, 0.717) is 5.56 Å². The van der Waals surface area contributed by atoms with Crippen molar-refractivity contribution in [2.45, 2.75) is 0 Å². The van der Waals surface area contributed by atoms with Crippen molar-refractivity contribution in [3.05, 3.63) is 63.3 Å². The molecule has 0 saturated heterocycles. The molecular weight excluding hydrogens is 270 g/mol. The molecule has 0 saturated carbocycles. The number of aromatic nitrogens is 2. The highest BCUT2D eigenvalue weighted by Crippen LogP contribution is 2.01. The van der Waals surface area contributed by atoms with Gasteiger partial charge in [0.25, 0.3) is 17.4 Å². The van der Waals surface area contributed by atoms with Crippen LogP contribution in [0.5, 0.6) is 0 Å². The van der Waals surface area contributed by atoms with Gasteiger partial charge in [-0.1, -0.05) is 29.8 Å². The molecule has 0 fully saturated rings. The Morgan fingerprint density at radius 2 is 1.84 bits per heavy atom. The predicted molar refractivity (Wildman–Crippen MR) is 68.1 cm³/mol. The molecule has 2 amide bonds. The van der Waals surface area contributed by atoms with Crippen LogP contribution in [-0.2, 0) is 0 Å². The van der Waals surface area contributed by atoms with Crippen molar-refractivity contribution in [3.63, 3.8) is 0 Å². The zero-order valence-electron chi connectivity index (χ0n) is 9.51. The summed E-state index contributed by atoms with van der Waals surface area (Å²) in [5.74, 6) is -1.52. The Morgan fingerprint density at radius 1 is 1.16 bits per heavy atom. The number of nitrogens with zero attached hydrogens (tertiary/aromatic N) is 1. The number of aromatic amines is 1. The second-order valence-corrected chi connectivity index (χ2v) is 3.94. The number of hydrogen-bond donors (Lipinski definition) is 2. The fraction of sp³-hybridized carbons (Fsp3) is 0. The van der Waals surface area contributed by atoms with E-state index < -0.39 is 23.1 Å². The summed E-state index contributed by atoms with van der Waals surface area (Å²) in [7, 11) is 0. The topological polar surface area (TPSA) is 91.9 Å². The van der Waals surface area contributed by atoms with Crippen LogP contribution in [0, 0.1) is 0 Å². The normalized spacial score (nSPS) is 9.95. The number of rotatable bonds is 2. The third kappa shape index (κ3) is 3.05. The van der Waals surface area contributed by atoms with Crippen LogP contribution in [0.4, 0.5) is 0 Å². The summed E-state index contributed by atoms with van der Waals surface area (Å²) in [6.45, 7) is 0. The maximum Gasteiger partial charge on any atom is 0.282 e. The summed E-state index contributed by atoms with van der Waals surface area (Å²) in [6, 6.07) is 8.13. The summed E-state index contributed by atoms with van der Waals surface area (Å²) in [4.78, 5) is 40.6. The van der Waals surface area contributed by atoms with E-state index in [1.54, 1.807) is 18.2 Å². The van der Waals surface area contributed by atoms with Gasteiger partial charge in [0.05, 0.1) is 0 Å². The molecule has 0 aliphatic rings. The van der Waals surface area contributed by atoms with Gasteiger partial charge in [0, 0.05) is 11.8 Å². The largest absolute Gasteiger partial charge is 0.324 e. The number of halogens is 1. The van der Waals surface area contributed by atoms with E-state index in [4.69, 9.17) is 11.6 Å². The Hall–Kier alpha value is -2.47. The second-order valence-electron chi connectivity index (χ2n) is 3.55. The molecule has 2 N–H and O–H groups in total. The molecular formula is C12H8ClN3O3. The highest BCUT2D eigenvalue weighted by molar-refractivity contribution is 6.29. The van der Waals surface area contributed by atoms with Gasteiger partial charge in [0.1, 0.15) is 5.15 Å². The first-order chi connectivity index (χ1) is 9.08. The molecule has 0 atom stereocenters. The van der Waals surface area contributed by atoms with E-state index in [9.17, 15) is 14.4 Å². The number of nitrogens with one attached hydrogen (secondary N) is 2. The molecule has 1 heterocycles. The van der Waals surface area contributed by atoms with Crippen molar-refractivity contribution in [1.29, 1.82) is 0 Å². The number of H-pyrrole nitrogens is 1. The lowest BCUT2D eigenvalue weighted by molar-refractivity contribution is 0.0845. The van der Waals surface area contributed by atoms with E-state index in [1.807, 2.05) is 0 Å². The number of hydrogen-bond acceptors (Lipinski definition) is 4. The van der Waals surface area contributed by atoms with Crippen molar-refractivity contribution in [1.82, 2.24) is 15.3 Å². The lowest BCUT2D eigenvalue weighted by Crippen LogP contribution is -2.35. The van der Waals surface area contributed by atoms with Crippen LogP contribution >= 0.6 is 11.6 Å². The van der Waals surface area contributed by atoms with Gasteiger partial charge in [-0.15, -0.1) is 0 Å². The molecule has 0 aliphatic heterocycles. The monoisotopic (exact) mass is 277 g/mol. The fourth-order valence-corrected chi connectivity index (χ4v) is 1.50. The summed E-state index contributed by atoms with van der Waals surface area (Å²) < 4.78 is 0. The van der Waals surface area contributed by atoms with Crippen molar-refractivity contribution >= 4 is 23.4 Å². The highest BCUT2D eigenvalue weighted by atomic mass is 35.5. The van der Waals surface area contributed by atoms with Gasteiger partial charge < -0.3 is 4.98 Å². The molecule has 7 heteroatoms. The van der Waals surface area contributed by atoms with Crippen molar-refractivity contribution in [3.8, 4) is 0 Å². The SMILES string of the molecule is O=C(NC(=O)c1nc(Cl)c[nH]c1=O)c1ccccc1. The zero-order chi connectivity index (χ0) is 13.8. The van der Waals surface area contributed by atoms with Gasteiger partial charge >= 0.3 is 0 Å². The summed E-state index contributed by atoms with van der Waals surface area (Å²) in [5.41, 5.74) is -0.881. The van der Waals surface area contributed by atoms with E-state index in [1.165, 1.54) is 12.1 Å². The molecule has 2 aromatic rings. The smallest absolute Gasteiger partial charge is 0.282 e. The minimum atomic E-state index is -0.905. The Kier molecular flexibility index (Phi) is 3.72. The third-order valence-electron chi connectivity index (χ3n) is 2.23. The first-order valence-electron chi connectivity index (χ1n) is 5.24. The van der Waals surface area contributed by atoms with Crippen LogP contribution in [0.3, 0.4) is 0 Å².